The largest absolute Gasteiger partial charge is 0.353 e. The maximum Gasteiger partial charge on any atom is 0.256 e. The van der Waals surface area contributed by atoms with E-state index in [0.29, 0.717) is 0 Å². The minimum Gasteiger partial charge on any atom is -0.353 e. The number of thiophene rings is 1. The van der Waals surface area contributed by atoms with Crippen molar-refractivity contribution in [3.63, 3.8) is 0 Å². The van der Waals surface area contributed by atoms with Crippen molar-refractivity contribution in [3.8, 4) is 0 Å². The van der Waals surface area contributed by atoms with E-state index in [1.165, 1.54) is 16.9 Å². The monoisotopic (exact) mass is 376 g/mol. The SMILES string of the molecule is CC1CCc2c(sc3c2C(=O)NC(c2ccc(Br)cc2)N3)C1. The van der Waals surface area contributed by atoms with E-state index < -0.39 is 0 Å². The van der Waals surface area contributed by atoms with Crippen LogP contribution in [0.3, 0.4) is 0 Å². The van der Waals surface area contributed by atoms with Crippen LogP contribution in [-0.4, -0.2) is 5.91 Å². The van der Waals surface area contributed by atoms with E-state index in [0.717, 1.165) is 39.4 Å². The summed E-state index contributed by atoms with van der Waals surface area (Å²) in [6.07, 6.45) is 3.16. The van der Waals surface area contributed by atoms with Gasteiger partial charge < -0.3 is 10.6 Å². The molecule has 2 aromatic rings. The Morgan fingerprint density at radius 3 is 2.77 bits per heavy atom. The molecule has 5 heteroatoms. The molecule has 1 aliphatic carbocycles. The van der Waals surface area contributed by atoms with E-state index in [4.69, 9.17) is 0 Å². The fraction of sp³-hybridized carbons (Fsp3) is 0.353. The number of nitrogens with one attached hydrogen (secondary N) is 2. The Kier molecular flexibility index (Phi) is 3.50. The molecule has 0 fully saturated rings. The number of hydrogen-bond donors (Lipinski definition) is 2. The first kappa shape index (κ1) is 14.3. The second kappa shape index (κ2) is 5.39. The molecule has 4 rings (SSSR count). The molecule has 0 saturated carbocycles. The molecule has 1 aliphatic heterocycles. The minimum atomic E-state index is -0.148. The second-order valence-corrected chi connectivity index (χ2v) is 8.18. The summed E-state index contributed by atoms with van der Waals surface area (Å²) in [6.45, 7) is 2.29. The van der Waals surface area contributed by atoms with Crippen LogP contribution in [0.15, 0.2) is 28.7 Å². The number of carbonyl (C=O) groups is 1. The van der Waals surface area contributed by atoms with Crippen molar-refractivity contribution in [2.24, 2.45) is 5.92 Å². The van der Waals surface area contributed by atoms with E-state index in [-0.39, 0.29) is 12.1 Å². The maximum atomic E-state index is 12.6. The van der Waals surface area contributed by atoms with Crippen LogP contribution in [0.4, 0.5) is 5.00 Å². The number of anilines is 1. The maximum absolute atomic E-state index is 12.6. The topological polar surface area (TPSA) is 41.1 Å². The highest BCUT2D eigenvalue weighted by Gasteiger charge is 2.32. The molecule has 0 bridgehead atoms. The molecule has 1 amide bonds. The first-order chi connectivity index (χ1) is 10.6. The highest BCUT2D eigenvalue weighted by Crippen LogP contribution is 2.42. The molecule has 0 spiro atoms. The van der Waals surface area contributed by atoms with Crippen molar-refractivity contribution in [2.45, 2.75) is 32.4 Å². The number of amides is 1. The number of fused-ring (bicyclic) bond motifs is 3. The Labute approximate surface area is 142 Å². The smallest absolute Gasteiger partial charge is 0.256 e. The standard InChI is InChI=1S/C17H17BrN2OS/c1-9-2-7-12-13(8-9)22-17-14(12)16(21)19-15(20-17)10-3-5-11(18)6-4-10/h3-6,9,15,20H,2,7-8H2,1H3,(H,19,21). The van der Waals surface area contributed by atoms with Crippen molar-refractivity contribution < 1.29 is 4.79 Å². The van der Waals surface area contributed by atoms with Gasteiger partial charge in [0.15, 0.2) is 0 Å². The molecule has 22 heavy (non-hydrogen) atoms. The van der Waals surface area contributed by atoms with Crippen molar-refractivity contribution in [2.75, 3.05) is 5.32 Å². The van der Waals surface area contributed by atoms with Crippen LogP contribution in [0.5, 0.6) is 0 Å². The summed E-state index contributed by atoms with van der Waals surface area (Å²) < 4.78 is 1.04. The van der Waals surface area contributed by atoms with Crippen LogP contribution in [-0.2, 0) is 12.8 Å². The molecule has 2 aliphatic rings. The van der Waals surface area contributed by atoms with Gasteiger partial charge in [-0.15, -0.1) is 11.3 Å². The zero-order valence-corrected chi connectivity index (χ0v) is 14.7. The van der Waals surface area contributed by atoms with Gasteiger partial charge in [0.1, 0.15) is 11.2 Å². The highest BCUT2D eigenvalue weighted by molar-refractivity contribution is 9.10. The lowest BCUT2D eigenvalue weighted by atomic mass is 9.88. The molecule has 114 valence electrons. The number of rotatable bonds is 1. The Morgan fingerprint density at radius 2 is 2.00 bits per heavy atom. The molecule has 3 nitrogen and oxygen atoms in total. The molecular weight excluding hydrogens is 360 g/mol. The van der Waals surface area contributed by atoms with Gasteiger partial charge in [-0.2, -0.15) is 0 Å². The Hall–Kier alpha value is -1.33. The normalized spacial score (nSPS) is 23.3. The summed E-state index contributed by atoms with van der Waals surface area (Å²) in [5, 5.41) is 7.64. The van der Waals surface area contributed by atoms with Gasteiger partial charge in [-0.25, -0.2) is 0 Å². The third-order valence-corrected chi connectivity index (χ3v) is 6.21. The summed E-state index contributed by atoms with van der Waals surface area (Å²) in [5.41, 5.74) is 3.24. The van der Waals surface area contributed by atoms with Gasteiger partial charge in [0, 0.05) is 9.35 Å². The third kappa shape index (κ3) is 2.36. The Balaban J connectivity index is 1.69. The average Bonchev–Trinajstić information content (AvgIpc) is 2.85. The van der Waals surface area contributed by atoms with Gasteiger partial charge >= 0.3 is 0 Å². The van der Waals surface area contributed by atoms with Crippen LogP contribution in [0, 0.1) is 5.92 Å². The summed E-state index contributed by atoms with van der Waals surface area (Å²) in [4.78, 5) is 14.0. The first-order valence-electron chi connectivity index (χ1n) is 7.59. The molecule has 0 radical (unpaired) electrons. The minimum absolute atomic E-state index is 0.0636. The van der Waals surface area contributed by atoms with Gasteiger partial charge in [0.25, 0.3) is 5.91 Å². The predicted octanol–water partition coefficient (Wildman–Crippen LogP) is 4.49. The summed E-state index contributed by atoms with van der Waals surface area (Å²) in [7, 11) is 0. The van der Waals surface area contributed by atoms with Gasteiger partial charge in [0.2, 0.25) is 0 Å². The molecule has 2 atom stereocenters. The van der Waals surface area contributed by atoms with Crippen LogP contribution in [0.25, 0.3) is 0 Å². The fourth-order valence-corrected chi connectivity index (χ4v) is 4.99. The zero-order valence-electron chi connectivity index (χ0n) is 12.3. The molecule has 0 saturated heterocycles. The fourth-order valence-electron chi connectivity index (χ4n) is 3.28. The van der Waals surface area contributed by atoms with Crippen molar-refractivity contribution in [1.82, 2.24) is 5.32 Å². The number of benzene rings is 1. The van der Waals surface area contributed by atoms with Gasteiger partial charge in [-0.3, -0.25) is 4.79 Å². The van der Waals surface area contributed by atoms with Crippen LogP contribution in [0.2, 0.25) is 0 Å². The lowest BCUT2D eigenvalue weighted by Crippen LogP contribution is -2.38. The Bertz CT molecular complexity index is 738. The van der Waals surface area contributed by atoms with Gasteiger partial charge in [-0.05, 0) is 48.4 Å². The van der Waals surface area contributed by atoms with Crippen molar-refractivity contribution >= 4 is 38.2 Å². The van der Waals surface area contributed by atoms with E-state index in [1.54, 1.807) is 11.3 Å². The van der Waals surface area contributed by atoms with E-state index in [2.05, 4.69) is 33.5 Å². The molecule has 2 N–H and O–H groups in total. The average molecular weight is 377 g/mol. The molecular formula is C17H17BrN2OS. The zero-order chi connectivity index (χ0) is 15.3. The van der Waals surface area contributed by atoms with Crippen molar-refractivity contribution in [1.29, 1.82) is 0 Å². The Morgan fingerprint density at radius 1 is 1.23 bits per heavy atom. The molecule has 1 aromatic carbocycles. The summed E-state index contributed by atoms with van der Waals surface area (Å²) >= 11 is 5.21. The number of hydrogen-bond acceptors (Lipinski definition) is 3. The van der Waals surface area contributed by atoms with Gasteiger partial charge in [-0.1, -0.05) is 35.0 Å². The number of carbonyl (C=O) groups excluding carboxylic acids is 1. The first-order valence-corrected chi connectivity index (χ1v) is 9.20. The van der Waals surface area contributed by atoms with Gasteiger partial charge in [0.05, 0.1) is 5.56 Å². The van der Waals surface area contributed by atoms with E-state index in [9.17, 15) is 4.79 Å². The molecule has 2 heterocycles. The lowest BCUT2D eigenvalue weighted by molar-refractivity contribution is 0.0935. The number of halogens is 1. The molecule has 1 aromatic heterocycles. The highest BCUT2D eigenvalue weighted by atomic mass is 79.9. The van der Waals surface area contributed by atoms with Crippen LogP contribution in [0.1, 0.15) is 45.9 Å². The molecule has 2 unspecified atom stereocenters. The lowest BCUT2D eigenvalue weighted by Gasteiger charge is -2.27. The van der Waals surface area contributed by atoms with Crippen LogP contribution < -0.4 is 10.6 Å². The summed E-state index contributed by atoms with van der Waals surface area (Å²) in [5.74, 6) is 0.784. The van der Waals surface area contributed by atoms with Crippen molar-refractivity contribution in [3.05, 3.63) is 50.3 Å². The van der Waals surface area contributed by atoms with E-state index >= 15 is 0 Å². The predicted molar refractivity (Wildman–Crippen MR) is 93.5 cm³/mol. The second-order valence-electron chi connectivity index (χ2n) is 6.16. The summed E-state index contributed by atoms with van der Waals surface area (Å²) in [6, 6.07) is 8.06. The van der Waals surface area contributed by atoms with E-state index in [1.807, 2.05) is 24.3 Å². The third-order valence-electron chi connectivity index (χ3n) is 4.49. The quantitative estimate of drug-likeness (QED) is 0.769. The van der Waals surface area contributed by atoms with Crippen LogP contribution >= 0.6 is 27.3 Å².